The first kappa shape index (κ1) is 18.9. The van der Waals surface area contributed by atoms with Crippen LogP contribution in [0.3, 0.4) is 0 Å². The Morgan fingerprint density at radius 3 is 2.81 bits per heavy atom. The van der Waals surface area contributed by atoms with E-state index < -0.39 is 0 Å². The van der Waals surface area contributed by atoms with Gasteiger partial charge in [-0.15, -0.1) is 0 Å². The van der Waals surface area contributed by atoms with Crippen molar-refractivity contribution in [3.8, 4) is 5.88 Å². The van der Waals surface area contributed by atoms with E-state index in [4.69, 9.17) is 25.4 Å². The number of benzene rings is 1. The van der Waals surface area contributed by atoms with Crippen molar-refractivity contribution in [2.45, 2.75) is 57.2 Å². The Morgan fingerprint density at radius 2 is 1.94 bits per heavy atom. The van der Waals surface area contributed by atoms with Gasteiger partial charge in [-0.2, -0.15) is 0 Å². The Hall–Kier alpha value is -2.67. The highest BCUT2D eigenvalue weighted by atomic mass is 16.5. The third kappa shape index (κ3) is 2.66. The first-order chi connectivity index (χ1) is 15.7. The summed E-state index contributed by atoms with van der Waals surface area (Å²) in [7, 11) is 0. The second kappa shape index (κ2) is 6.91. The molecule has 5 heterocycles. The summed E-state index contributed by atoms with van der Waals surface area (Å²) in [5.41, 5.74) is 11.6. The number of rotatable bonds is 0. The van der Waals surface area contributed by atoms with Crippen LogP contribution in [0.5, 0.6) is 5.88 Å². The van der Waals surface area contributed by atoms with Crippen LogP contribution in [0.4, 0.5) is 5.82 Å². The molecule has 2 N–H and O–H groups in total. The minimum absolute atomic E-state index is 0.105. The lowest BCUT2D eigenvalue weighted by Gasteiger charge is -2.49. The van der Waals surface area contributed by atoms with Crippen molar-refractivity contribution in [1.82, 2.24) is 14.9 Å². The molecule has 7 heteroatoms. The second-order valence-corrected chi connectivity index (χ2v) is 10.2. The van der Waals surface area contributed by atoms with Crippen molar-refractivity contribution in [3.63, 3.8) is 0 Å². The van der Waals surface area contributed by atoms with Gasteiger partial charge in [0.2, 0.25) is 0 Å². The molecule has 0 unspecified atom stereocenters. The molecule has 4 aliphatic heterocycles. The van der Waals surface area contributed by atoms with Crippen LogP contribution in [0.1, 0.15) is 60.7 Å². The SMILES string of the molecule is N[C@@H]1c2ccccc2C[C@@]12CCN1c3nc4c(nc3OC[C@H]1C2)C(N1CCCCC1)=NC4. The molecular weight excluding hydrogens is 400 g/mol. The van der Waals surface area contributed by atoms with Crippen LogP contribution in [0.15, 0.2) is 29.3 Å². The van der Waals surface area contributed by atoms with Crippen LogP contribution in [-0.4, -0.2) is 53.0 Å². The maximum absolute atomic E-state index is 6.83. The highest BCUT2D eigenvalue weighted by molar-refractivity contribution is 6.00. The number of anilines is 1. The largest absolute Gasteiger partial charge is 0.473 e. The molecular formula is C25H30N6O. The summed E-state index contributed by atoms with van der Waals surface area (Å²) in [6.07, 6.45) is 6.95. The molecule has 0 saturated carbocycles. The van der Waals surface area contributed by atoms with E-state index in [0.717, 1.165) is 61.9 Å². The molecule has 1 aliphatic carbocycles. The first-order valence-electron chi connectivity index (χ1n) is 12.2. The summed E-state index contributed by atoms with van der Waals surface area (Å²) < 4.78 is 6.24. The fraction of sp³-hybridized carbons (Fsp3) is 0.560. The third-order valence-corrected chi connectivity index (χ3v) is 8.38. The van der Waals surface area contributed by atoms with Gasteiger partial charge in [0.05, 0.1) is 18.3 Å². The average molecular weight is 431 g/mol. The monoisotopic (exact) mass is 430 g/mol. The van der Waals surface area contributed by atoms with Gasteiger partial charge in [-0.3, -0.25) is 4.99 Å². The highest BCUT2D eigenvalue weighted by Crippen LogP contribution is 2.53. The van der Waals surface area contributed by atoms with Crippen molar-refractivity contribution >= 4 is 11.7 Å². The van der Waals surface area contributed by atoms with Crippen LogP contribution in [-0.2, 0) is 13.0 Å². The number of ether oxygens (including phenoxy) is 1. The number of nitrogens with two attached hydrogens (primary N) is 1. The minimum Gasteiger partial charge on any atom is -0.473 e. The lowest BCUT2D eigenvalue weighted by molar-refractivity contribution is 0.120. The fourth-order valence-electron chi connectivity index (χ4n) is 6.67. The molecule has 1 spiro atoms. The van der Waals surface area contributed by atoms with Gasteiger partial charge in [-0.05, 0) is 55.1 Å². The summed E-state index contributed by atoms with van der Waals surface area (Å²) in [6.45, 7) is 4.37. The van der Waals surface area contributed by atoms with Crippen LogP contribution >= 0.6 is 0 Å². The van der Waals surface area contributed by atoms with Crippen molar-refractivity contribution in [1.29, 1.82) is 0 Å². The van der Waals surface area contributed by atoms with Crippen LogP contribution < -0.4 is 15.4 Å². The van der Waals surface area contributed by atoms with E-state index in [1.54, 1.807) is 0 Å². The number of aliphatic imine (C=N–C) groups is 1. The Labute approximate surface area is 188 Å². The van der Waals surface area contributed by atoms with Gasteiger partial charge in [-0.1, -0.05) is 24.3 Å². The molecule has 32 heavy (non-hydrogen) atoms. The van der Waals surface area contributed by atoms with Gasteiger partial charge in [0.15, 0.2) is 11.7 Å². The summed E-state index contributed by atoms with van der Waals surface area (Å²) in [5, 5.41) is 0. The molecule has 1 aromatic heterocycles. The van der Waals surface area contributed by atoms with Crippen LogP contribution in [0, 0.1) is 5.41 Å². The molecule has 2 aromatic rings. The Kier molecular flexibility index (Phi) is 4.07. The third-order valence-electron chi connectivity index (χ3n) is 8.38. The summed E-state index contributed by atoms with van der Waals surface area (Å²) >= 11 is 0. The maximum atomic E-state index is 6.83. The van der Waals surface area contributed by atoms with E-state index in [1.807, 2.05) is 0 Å². The molecule has 0 bridgehead atoms. The molecule has 7 nitrogen and oxygen atoms in total. The second-order valence-electron chi connectivity index (χ2n) is 10.2. The number of piperidine rings is 2. The van der Waals surface area contributed by atoms with Crippen LogP contribution in [0.2, 0.25) is 0 Å². The quantitative estimate of drug-likeness (QED) is 0.692. The maximum Gasteiger partial charge on any atom is 0.258 e. The van der Waals surface area contributed by atoms with Crippen molar-refractivity contribution in [2.24, 2.45) is 16.1 Å². The predicted octanol–water partition coefficient (Wildman–Crippen LogP) is 2.83. The number of amidine groups is 1. The van der Waals surface area contributed by atoms with E-state index in [0.29, 0.717) is 25.1 Å². The van der Waals surface area contributed by atoms with Crippen molar-refractivity contribution in [2.75, 3.05) is 31.1 Å². The molecule has 5 aliphatic rings. The Morgan fingerprint density at radius 1 is 1.06 bits per heavy atom. The lowest BCUT2D eigenvalue weighted by atomic mass is 9.70. The molecule has 1 aromatic carbocycles. The van der Waals surface area contributed by atoms with E-state index in [9.17, 15) is 0 Å². The molecule has 0 radical (unpaired) electrons. The molecule has 7 rings (SSSR count). The fourth-order valence-corrected chi connectivity index (χ4v) is 6.67. The first-order valence-corrected chi connectivity index (χ1v) is 12.2. The number of fused-ring (bicyclic) bond motifs is 5. The number of nitrogens with zero attached hydrogens (tertiary/aromatic N) is 5. The normalized spacial score (nSPS) is 30.3. The molecule has 2 fully saturated rings. The van der Waals surface area contributed by atoms with Gasteiger partial charge in [-0.25, -0.2) is 9.97 Å². The number of likely N-dealkylation sites (tertiary alicyclic amines) is 1. The van der Waals surface area contributed by atoms with Crippen LogP contribution in [0.25, 0.3) is 0 Å². The zero-order valence-corrected chi connectivity index (χ0v) is 18.5. The lowest BCUT2D eigenvalue weighted by Crippen LogP contribution is -2.54. The average Bonchev–Trinajstić information content (AvgIpc) is 3.37. The van der Waals surface area contributed by atoms with E-state index in [-0.39, 0.29) is 11.5 Å². The van der Waals surface area contributed by atoms with Crippen molar-refractivity contribution < 1.29 is 4.74 Å². The number of hydrogen-bond acceptors (Lipinski definition) is 7. The van der Waals surface area contributed by atoms with Gasteiger partial charge >= 0.3 is 0 Å². The standard InChI is InChI=1S/C25H30N6O/c26-21-18-7-3-2-6-16(18)12-25(21)8-11-31-17(13-25)15-32-24-23(31)28-19-14-27-22(20(19)29-24)30-9-4-1-5-10-30/h2-3,6-7,17,21H,1,4-5,8-15,26H2/t17-,21-,25-/m1/s1. The molecule has 3 atom stereocenters. The van der Waals surface area contributed by atoms with Gasteiger partial charge in [0, 0.05) is 25.7 Å². The predicted molar refractivity (Wildman–Crippen MR) is 123 cm³/mol. The van der Waals surface area contributed by atoms with Gasteiger partial charge in [0.25, 0.3) is 5.88 Å². The Balaban J connectivity index is 1.16. The van der Waals surface area contributed by atoms with E-state index in [2.05, 4.69) is 34.1 Å². The number of aromatic nitrogens is 2. The summed E-state index contributed by atoms with van der Waals surface area (Å²) in [6, 6.07) is 9.11. The van der Waals surface area contributed by atoms with Gasteiger partial charge < -0.3 is 20.3 Å². The topological polar surface area (TPSA) is 79.9 Å². The summed E-state index contributed by atoms with van der Waals surface area (Å²) in [5.74, 6) is 2.61. The van der Waals surface area contributed by atoms with E-state index in [1.165, 1.54) is 30.4 Å². The molecule has 166 valence electrons. The molecule has 2 saturated heterocycles. The number of hydrogen-bond donors (Lipinski definition) is 1. The summed E-state index contributed by atoms with van der Waals surface area (Å²) in [4.78, 5) is 19.7. The zero-order valence-electron chi connectivity index (χ0n) is 18.5. The Bertz CT molecular complexity index is 1110. The molecule has 0 amide bonds. The van der Waals surface area contributed by atoms with Crippen molar-refractivity contribution in [3.05, 3.63) is 46.8 Å². The zero-order chi connectivity index (χ0) is 21.3. The highest BCUT2D eigenvalue weighted by Gasteiger charge is 2.50. The smallest absolute Gasteiger partial charge is 0.258 e. The van der Waals surface area contributed by atoms with Gasteiger partial charge in [0.1, 0.15) is 12.3 Å². The minimum atomic E-state index is 0.105. The van der Waals surface area contributed by atoms with E-state index >= 15 is 0 Å².